The van der Waals surface area contributed by atoms with Crippen molar-refractivity contribution in [1.82, 2.24) is 4.57 Å². The molecule has 0 fully saturated rings. The lowest BCUT2D eigenvalue weighted by molar-refractivity contribution is 0.0696. The normalized spacial score (nSPS) is 11.2. The Balaban J connectivity index is 2.99. The van der Waals surface area contributed by atoms with Gasteiger partial charge in [-0.1, -0.05) is 6.92 Å². The molecule has 2 rings (SSSR count). The summed E-state index contributed by atoms with van der Waals surface area (Å²) < 4.78 is 2.11. The number of nitrogens with zero attached hydrogens (tertiary/aromatic N) is 1. The quantitative estimate of drug-likeness (QED) is 0.866. The number of carbonyl (C=O) groups excluding carboxylic acids is 1. The number of rotatable bonds is 4. The summed E-state index contributed by atoms with van der Waals surface area (Å²) in [6.45, 7) is 8.02. The molecule has 0 bridgehead atoms. The monoisotopic (exact) mass is 273 g/mol. The number of benzene rings is 1. The van der Waals surface area contributed by atoms with Crippen LogP contribution in [-0.4, -0.2) is 21.9 Å². The van der Waals surface area contributed by atoms with E-state index in [1.54, 1.807) is 12.1 Å². The standard InChI is InChI=1S/C16H19NO3/c1-5-11-6-12(16(19)20)7-13-14(8-18)10(4)17(9(2)3)15(11)13/h6-9H,5H2,1-4H3,(H,19,20). The minimum atomic E-state index is -0.964. The van der Waals surface area contributed by atoms with Gasteiger partial charge in [-0.2, -0.15) is 0 Å². The van der Waals surface area contributed by atoms with E-state index in [0.717, 1.165) is 34.9 Å². The Hall–Kier alpha value is -2.10. The van der Waals surface area contributed by atoms with Crippen LogP contribution in [0.2, 0.25) is 0 Å². The highest BCUT2D eigenvalue weighted by molar-refractivity contribution is 6.04. The van der Waals surface area contributed by atoms with Gasteiger partial charge in [-0.3, -0.25) is 4.79 Å². The third-order valence-electron chi connectivity index (χ3n) is 3.73. The predicted molar refractivity (Wildman–Crippen MR) is 78.8 cm³/mol. The first-order valence-corrected chi connectivity index (χ1v) is 6.78. The minimum Gasteiger partial charge on any atom is -0.478 e. The van der Waals surface area contributed by atoms with Gasteiger partial charge in [0.1, 0.15) is 0 Å². The molecule has 106 valence electrons. The van der Waals surface area contributed by atoms with Crippen molar-refractivity contribution in [3.8, 4) is 0 Å². The van der Waals surface area contributed by atoms with Crippen molar-refractivity contribution in [3.05, 3.63) is 34.5 Å². The second kappa shape index (κ2) is 5.12. The SMILES string of the molecule is CCc1cc(C(=O)O)cc2c(C=O)c(C)n(C(C)C)c12. The van der Waals surface area contributed by atoms with Crippen molar-refractivity contribution < 1.29 is 14.7 Å². The van der Waals surface area contributed by atoms with E-state index in [4.69, 9.17) is 0 Å². The molecule has 1 aromatic heterocycles. The Morgan fingerprint density at radius 3 is 2.50 bits per heavy atom. The summed E-state index contributed by atoms with van der Waals surface area (Å²) in [6, 6.07) is 3.52. The lowest BCUT2D eigenvalue weighted by Gasteiger charge is -2.15. The number of carbonyl (C=O) groups is 2. The Bertz CT molecular complexity index is 696. The molecule has 4 heteroatoms. The molecule has 0 aliphatic carbocycles. The van der Waals surface area contributed by atoms with Crippen molar-refractivity contribution in [1.29, 1.82) is 0 Å². The van der Waals surface area contributed by atoms with E-state index in [2.05, 4.69) is 18.4 Å². The molecule has 1 N–H and O–H groups in total. The second-order valence-corrected chi connectivity index (χ2v) is 5.27. The molecule has 0 spiro atoms. The Morgan fingerprint density at radius 1 is 1.40 bits per heavy atom. The summed E-state index contributed by atoms with van der Waals surface area (Å²) in [5.74, 6) is -0.964. The number of aldehydes is 1. The predicted octanol–water partition coefficient (Wildman–Crippen LogP) is 3.60. The lowest BCUT2D eigenvalue weighted by atomic mass is 10.0. The zero-order chi connectivity index (χ0) is 15.0. The molecule has 0 aliphatic rings. The first-order valence-electron chi connectivity index (χ1n) is 6.78. The van der Waals surface area contributed by atoms with Crippen molar-refractivity contribution in [3.63, 3.8) is 0 Å². The van der Waals surface area contributed by atoms with E-state index in [0.29, 0.717) is 5.56 Å². The number of carboxylic acid groups (broad SMARTS) is 1. The number of aromatic carboxylic acids is 1. The molecule has 4 nitrogen and oxygen atoms in total. The molecule has 1 heterocycles. The second-order valence-electron chi connectivity index (χ2n) is 5.27. The van der Waals surface area contributed by atoms with E-state index < -0.39 is 5.97 Å². The molecule has 0 aliphatic heterocycles. The maximum atomic E-state index is 11.4. The highest BCUT2D eigenvalue weighted by atomic mass is 16.4. The van der Waals surface area contributed by atoms with Crippen LogP contribution in [0.25, 0.3) is 10.9 Å². The van der Waals surface area contributed by atoms with E-state index in [1.807, 2.05) is 13.8 Å². The zero-order valence-corrected chi connectivity index (χ0v) is 12.2. The number of carboxylic acids is 1. The van der Waals surface area contributed by atoms with E-state index in [-0.39, 0.29) is 11.6 Å². The van der Waals surface area contributed by atoms with Crippen LogP contribution < -0.4 is 0 Å². The summed E-state index contributed by atoms with van der Waals surface area (Å²) >= 11 is 0. The van der Waals surface area contributed by atoms with Crippen LogP contribution in [0.3, 0.4) is 0 Å². The molecular weight excluding hydrogens is 254 g/mol. The van der Waals surface area contributed by atoms with Gasteiger partial charge in [0.2, 0.25) is 0 Å². The summed E-state index contributed by atoms with van der Waals surface area (Å²) in [4.78, 5) is 22.6. The first-order chi connectivity index (χ1) is 9.42. The molecular formula is C16H19NO3. The van der Waals surface area contributed by atoms with Gasteiger partial charge in [0.25, 0.3) is 0 Å². The Kier molecular flexibility index (Phi) is 3.66. The highest BCUT2D eigenvalue weighted by Gasteiger charge is 2.20. The fraction of sp³-hybridized carbons (Fsp3) is 0.375. The number of hydrogen-bond donors (Lipinski definition) is 1. The van der Waals surface area contributed by atoms with Gasteiger partial charge in [-0.05, 0) is 44.9 Å². The fourth-order valence-corrected chi connectivity index (χ4v) is 2.86. The third kappa shape index (κ3) is 2.01. The van der Waals surface area contributed by atoms with Gasteiger partial charge in [0.05, 0.1) is 11.1 Å². The van der Waals surface area contributed by atoms with Gasteiger partial charge >= 0.3 is 5.97 Å². The molecule has 0 radical (unpaired) electrons. The topological polar surface area (TPSA) is 59.3 Å². The fourth-order valence-electron chi connectivity index (χ4n) is 2.86. The van der Waals surface area contributed by atoms with Crippen molar-refractivity contribution in [2.45, 2.75) is 40.2 Å². The molecule has 20 heavy (non-hydrogen) atoms. The molecule has 1 aromatic carbocycles. The van der Waals surface area contributed by atoms with Crippen LogP contribution in [0.4, 0.5) is 0 Å². The largest absolute Gasteiger partial charge is 0.478 e. The molecule has 0 saturated carbocycles. The Morgan fingerprint density at radius 2 is 2.05 bits per heavy atom. The summed E-state index contributed by atoms with van der Waals surface area (Å²) in [5.41, 5.74) is 3.66. The van der Waals surface area contributed by atoms with Gasteiger partial charge in [-0.15, -0.1) is 0 Å². The molecule has 0 unspecified atom stereocenters. The smallest absolute Gasteiger partial charge is 0.335 e. The highest BCUT2D eigenvalue weighted by Crippen LogP contribution is 2.32. The molecule has 0 atom stereocenters. The van der Waals surface area contributed by atoms with Gasteiger partial charge < -0.3 is 9.67 Å². The van der Waals surface area contributed by atoms with Crippen molar-refractivity contribution in [2.24, 2.45) is 0 Å². The van der Waals surface area contributed by atoms with Crippen molar-refractivity contribution >= 4 is 23.2 Å². The number of fused-ring (bicyclic) bond motifs is 1. The molecule has 2 aromatic rings. The van der Waals surface area contributed by atoms with Crippen LogP contribution in [0.5, 0.6) is 0 Å². The minimum absolute atomic E-state index is 0.215. The molecule has 0 saturated heterocycles. The lowest BCUT2D eigenvalue weighted by Crippen LogP contribution is -2.05. The van der Waals surface area contributed by atoms with E-state index in [1.165, 1.54) is 0 Å². The van der Waals surface area contributed by atoms with Crippen LogP contribution in [0.15, 0.2) is 12.1 Å². The van der Waals surface area contributed by atoms with Crippen LogP contribution in [0, 0.1) is 6.92 Å². The number of aromatic nitrogens is 1. The maximum absolute atomic E-state index is 11.4. The third-order valence-corrected chi connectivity index (χ3v) is 3.73. The number of hydrogen-bond acceptors (Lipinski definition) is 2. The molecule has 0 amide bonds. The zero-order valence-electron chi connectivity index (χ0n) is 12.2. The average molecular weight is 273 g/mol. The van der Waals surface area contributed by atoms with Crippen LogP contribution in [0.1, 0.15) is 58.8 Å². The average Bonchev–Trinajstić information content (AvgIpc) is 2.68. The first kappa shape index (κ1) is 14.3. The van der Waals surface area contributed by atoms with E-state index in [9.17, 15) is 14.7 Å². The van der Waals surface area contributed by atoms with Crippen molar-refractivity contribution in [2.75, 3.05) is 0 Å². The summed E-state index contributed by atoms with van der Waals surface area (Å²) in [6.07, 6.45) is 1.55. The number of aryl methyl sites for hydroxylation is 1. The maximum Gasteiger partial charge on any atom is 0.335 e. The van der Waals surface area contributed by atoms with Gasteiger partial charge in [0.15, 0.2) is 6.29 Å². The Labute approximate surface area is 118 Å². The van der Waals surface area contributed by atoms with Crippen LogP contribution >= 0.6 is 0 Å². The van der Waals surface area contributed by atoms with Gasteiger partial charge in [-0.25, -0.2) is 4.79 Å². The summed E-state index contributed by atoms with van der Waals surface area (Å²) in [7, 11) is 0. The van der Waals surface area contributed by atoms with E-state index >= 15 is 0 Å². The van der Waals surface area contributed by atoms with Gasteiger partial charge in [0, 0.05) is 22.7 Å². The van der Waals surface area contributed by atoms with Crippen LogP contribution in [-0.2, 0) is 6.42 Å². The summed E-state index contributed by atoms with van der Waals surface area (Å²) in [5, 5.41) is 9.96.